The first-order chi connectivity index (χ1) is 10.1. The summed E-state index contributed by atoms with van der Waals surface area (Å²) in [6, 6.07) is 0. The number of H-pyrrole nitrogens is 1. The molecule has 21 heavy (non-hydrogen) atoms. The number of rotatable bonds is 3. The standard InChI is InChI=1S/C14H19N5O2/c1-8(2)13-17-9(3)11(21-13)14(20)19-5-4-10(6-19)12-15-7-16-18-12/h7-8,10H,4-6H2,1-3H3,(H,15,16,18)/t10-/m0/s1. The quantitative estimate of drug-likeness (QED) is 0.931. The molecular weight excluding hydrogens is 270 g/mol. The van der Waals surface area contributed by atoms with Crippen molar-refractivity contribution in [1.29, 1.82) is 0 Å². The zero-order valence-electron chi connectivity index (χ0n) is 12.5. The van der Waals surface area contributed by atoms with E-state index in [9.17, 15) is 4.79 Å². The van der Waals surface area contributed by atoms with Gasteiger partial charge in [0.2, 0.25) is 5.76 Å². The Morgan fingerprint density at radius 2 is 2.33 bits per heavy atom. The van der Waals surface area contributed by atoms with E-state index in [2.05, 4.69) is 20.2 Å². The number of carbonyl (C=O) groups is 1. The number of nitrogens with zero attached hydrogens (tertiary/aromatic N) is 4. The number of carbonyl (C=O) groups excluding carboxylic acids is 1. The van der Waals surface area contributed by atoms with E-state index < -0.39 is 0 Å². The van der Waals surface area contributed by atoms with Gasteiger partial charge >= 0.3 is 0 Å². The molecule has 2 aromatic heterocycles. The molecule has 0 saturated carbocycles. The molecule has 3 heterocycles. The van der Waals surface area contributed by atoms with Gasteiger partial charge in [-0.3, -0.25) is 9.89 Å². The number of oxazole rings is 1. The number of aromatic nitrogens is 4. The Balaban J connectivity index is 1.74. The number of likely N-dealkylation sites (tertiary alicyclic amines) is 1. The Morgan fingerprint density at radius 1 is 1.52 bits per heavy atom. The first-order valence-electron chi connectivity index (χ1n) is 7.18. The predicted octanol–water partition coefficient (Wildman–Crippen LogP) is 1.85. The normalized spacial score (nSPS) is 18.7. The average molecular weight is 289 g/mol. The first-order valence-corrected chi connectivity index (χ1v) is 7.18. The van der Waals surface area contributed by atoms with Crippen molar-refractivity contribution < 1.29 is 9.21 Å². The van der Waals surface area contributed by atoms with Gasteiger partial charge in [0.05, 0.1) is 5.69 Å². The average Bonchev–Trinajstić information content (AvgIpc) is 3.17. The van der Waals surface area contributed by atoms with Crippen LogP contribution < -0.4 is 0 Å². The Bertz CT molecular complexity index is 632. The van der Waals surface area contributed by atoms with Crippen LogP contribution in [0.3, 0.4) is 0 Å². The lowest BCUT2D eigenvalue weighted by molar-refractivity contribution is 0.0755. The van der Waals surface area contributed by atoms with Gasteiger partial charge in [0.15, 0.2) is 5.89 Å². The number of amides is 1. The van der Waals surface area contributed by atoms with E-state index in [-0.39, 0.29) is 17.7 Å². The van der Waals surface area contributed by atoms with Gasteiger partial charge in [-0.25, -0.2) is 9.97 Å². The van der Waals surface area contributed by atoms with E-state index in [1.54, 1.807) is 4.90 Å². The van der Waals surface area contributed by atoms with Gasteiger partial charge in [-0.1, -0.05) is 13.8 Å². The summed E-state index contributed by atoms with van der Waals surface area (Å²) in [4.78, 5) is 22.9. The molecule has 7 nitrogen and oxygen atoms in total. The fraction of sp³-hybridized carbons (Fsp3) is 0.571. The van der Waals surface area contributed by atoms with E-state index >= 15 is 0 Å². The Labute approximate surface area is 122 Å². The third-order valence-electron chi connectivity index (χ3n) is 3.80. The van der Waals surface area contributed by atoms with Crippen LogP contribution in [-0.4, -0.2) is 44.1 Å². The summed E-state index contributed by atoms with van der Waals surface area (Å²) in [7, 11) is 0. The van der Waals surface area contributed by atoms with Crippen molar-refractivity contribution in [3.63, 3.8) is 0 Å². The van der Waals surface area contributed by atoms with Gasteiger partial charge in [0.25, 0.3) is 5.91 Å². The van der Waals surface area contributed by atoms with E-state index in [0.29, 0.717) is 30.4 Å². The second-order valence-electron chi connectivity index (χ2n) is 5.73. The topological polar surface area (TPSA) is 87.9 Å². The van der Waals surface area contributed by atoms with Crippen LogP contribution in [0.1, 0.15) is 60.1 Å². The van der Waals surface area contributed by atoms with Crippen molar-refractivity contribution >= 4 is 5.91 Å². The minimum atomic E-state index is -0.0890. The molecule has 0 radical (unpaired) electrons. The molecule has 0 bridgehead atoms. The zero-order chi connectivity index (χ0) is 15.0. The van der Waals surface area contributed by atoms with Crippen molar-refractivity contribution in [1.82, 2.24) is 25.1 Å². The van der Waals surface area contributed by atoms with Crippen LogP contribution in [-0.2, 0) is 0 Å². The third-order valence-corrected chi connectivity index (χ3v) is 3.80. The van der Waals surface area contributed by atoms with Crippen molar-refractivity contribution in [2.75, 3.05) is 13.1 Å². The zero-order valence-corrected chi connectivity index (χ0v) is 12.5. The Morgan fingerprint density at radius 3 is 2.95 bits per heavy atom. The summed E-state index contributed by atoms with van der Waals surface area (Å²) >= 11 is 0. The number of nitrogens with one attached hydrogen (secondary N) is 1. The summed E-state index contributed by atoms with van der Waals surface area (Å²) in [6.45, 7) is 7.13. The maximum Gasteiger partial charge on any atom is 0.291 e. The maximum atomic E-state index is 12.6. The van der Waals surface area contributed by atoms with Gasteiger partial charge in [0.1, 0.15) is 12.2 Å². The van der Waals surface area contributed by atoms with Gasteiger partial charge in [0, 0.05) is 24.9 Å². The van der Waals surface area contributed by atoms with Gasteiger partial charge in [-0.05, 0) is 13.3 Å². The molecule has 1 aliphatic rings. The van der Waals surface area contributed by atoms with Crippen LogP contribution in [0.5, 0.6) is 0 Å². The minimum absolute atomic E-state index is 0.0890. The number of aryl methyl sites for hydroxylation is 1. The monoisotopic (exact) mass is 289 g/mol. The lowest BCUT2D eigenvalue weighted by Gasteiger charge is -2.14. The lowest BCUT2D eigenvalue weighted by Crippen LogP contribution is -2.28. The van der Waals surface area contributed by atoms with Crippen LogP contribution >= 0.6 is 0 Å². The van der Waals surface area contributed by atoms with Crippen molar-refractivity contribution in [3.8, 4) is 0 Å². The lowest BCUT2D eigenvalue weighted by atomic mass is 10.1. The molecule has 2 aromatic rings. The summed E-state index contributed by atoms with van der Waals surface area (Å²) < 4.78 is 5.64. The molecular formula is C14H19N5O2. The molecule has 3 rings (SSSR count). The molecule has 0 unspecified atom stereocenters. The van der Waals surface area contributed by atoms with Crippen LogP contribution in [0.2, 0.25) is 0 Å². The fourth-order valence-corrected chi connectivity index (χ4v) is 2.59. The smallest absolute Gasteiger partial charge is 0.291 e. The summed E-state index contributed by atoms with van der Waals surface area (Å²) in [5, 5.41) is 6.74. The van der Waals surface area contributed by atoms with E-state index in [4.69, 9.17) is 4.42 Å². The number of hydrogen-bond acceptors (Lipinski definition) is 5. The second kappa shape index (κ2) is 5.31. The van der Waals surface area contributed by atoms with Crippen LogP contribution in [0, 0.1) is 6.92 Å². The highest BCUT2D eigenvalue weighted by Crippen LogP contribution is 2.27. The third kappa shape index (κ3) is 2.55. The Kier molecular flexibility index (Phi) is 3.48. The van der Waals surface area contributed by atoms with Gasteiger partial charge in [-0.2, -0.15) is 5.10 Å². The summed E-state index contributed by atoms with van der Waals surface area (Å²) in [5.41, 5.74) is 0.659. The summed E-state index contributed by atoms with van der Waals surface area (Å²) in [6.07, 6.45) is 2.38. The van der Waals surface area contributed by atoms with Crippen molar-refractivity contribution in [3.05, 3.63) is 29.5 Å². The highest BCUT2D eigenvalue weighted by Gasteiger charge is 2.32. The summed E-state index contributed by atoms with van der Waals surface area (Å²) in [5.74, 6) is 2.10. The Hall–Kier alpha value is -2.18. The largest absolute Gasteiger partial charge is 0.435 e. The second-order valence-corrected chi connectivity index (χ2v) is 5.73. The highest BCUT2D eigenvalue weighted by atomic mass is 16.4. The molecule has 1 amide bonds. The van der Waals surface area contributed by atoms with Gasteiger partial charge in [-0.15, -0.1) is 0 Å². The van der Waals surface area contributed by atoms with Crippen LogP contribution in [0.4, 0.5) is 0 Å². The predicted molar refractivity (Wildman–Crippen MR) is 75.0 cm³/mol. The molecule has 0 spiro atoms. The first kappa shape index (κ1) is 13.8. The molecule has 0 aromatic carbocycles. The molecule has 112 valence electrons. The highest BCUT2D eigenvalue weighted by molar-refractivity contribution is 5.92. The van der Waals surface area contributed by atoms with Crippen LogP contribution in [0.25, 0.3) is 0 Å². The molecule has 1 atom stereocenters. The number of hydrogen-bond donors (Lipinski definition) is 1. The van der Waals surface area contributed by atoms with Gasteiger partial charge < -0.3 is 9.32 Å². The molecule has 1 fully saturated rings. The van der Waals surface area contributed by atoms with E-state index in [1.807, 2.05) is 20.8 Å². The molecule has 1 saturated heterocycles. The number of aromatic amines is 1. The van der Waals surface area contributed by atoms with E-state index in [1.165, 1.54) is 6.33 Å². The molecule has 7 heteroatoms. The van der Waals surface area contributed by atoms with Crippen LogP contribution in [0.15, 0.2) is 10.7 Å². The SMILES string of the molecule is Cc1nc(C(C)C)oc1C(=O)N1CC[C@H](c2ncn[nH]2)C1. The molecule has 1 aliphatic heterocycles. The minimum Gasteiger partial charge on any atom is -0.435 e. The van der Waals surface area contributed by atoms with Crippen molar-refractivity contribution in [2.24, 2.45) is 0 Å². The maximum absolute atomic E-state index is 12.6. The molecule has 0 aliphatic carbocycles. The fourth-order valence-electron chi connectivity index (χ4n) is 2.59. The molecule has 1 N–H and O–H groups in total. The van der Waals surface area contributed by atoms with Crippen molar-refractivity contribution in [2.45, 2.75) is 39.0 Å². The van der Waals surface area contributed by atoms with E-state index in [0.717, 1.165) is 12.2 Å².